The molecule has 97 valence electrons. The molecule has 0 atom stereocenters. The van der Waals surface area contributed by atoms with Gasteiger partial charge in [-0.25, -0.2) is 23.3 Å². The van der Waals surface area contributed by atoms with Crippen LogP contribution in [0.5, 0.6) is 0 Å². The molecule has 0 fully saturated rings. The zero-order valence-corrected chi connectivity index (χ0v) is 16.2. The maximum Gasteiger partial charge on any atom is 2.00 e. The van der Waals surface area contributed by atoms with Gasteiger partial charge in [0.1, 0.15) is 0 Å². The molecule has 2 heteroatoms. The van der Waals surface area contributed by atoms with Crippen molar-refractivity contribution < 1.29 is 26.2 Å². The average molecular weight is 337 g/mol. The topological polar surface area (TPSA) is 0 Å². The minimum atomic E-state index is 0. The predicted molar refractivity (Wildman–Crippen MR) is 81.9 cm³/mol. The van der Waals surface area contributed by atoms with E-state index in [1.807, 2.05) is 0 Å². The first-order valence-corrected chi connectivity index (χ1v) is 8.44. The summed E-state index contributed by atoms with van der Waals surface area (Å²) in [7, 11) is 0.750. The zero-order valence-electron chi connectivity index (χ0n) is 12.5. The summed E-state index contributed by atoms with van der Waals surface area (Å²) in [5.74, 6) is 0. The van der Waals surface area contributed by atoms with Crippen molar-refractivity contribution in [1.82, 2.24) is 0 Å². The molecule has 0 aliphatic carbocycles. The Morgan fingerprint density at radius 2 is 1.11 bits per heavy atom. The largest absolute Gasteiger partial charge is 2.00 e. The monoisotopic (exact) mass is 335 g/mol. The molecule has 0 aliphatic rings. The molecule has 0 amide bonds. The molecular weight excluding hydrogens is 311 g/mol. The Hall–Kier alpha value is -0.200. The Morgan fingerprint density at radius 3 is 1.17 bits per heavy atom. The smallest absolute Gasteiger partial charge is 0.211 e. The van der Waals surface area contributed by atoms with Crippen LogP contribution in [0.3, 0.4) is 0 Å². The van der Waals surface area contributed by atoms with Gasteiger partial charge in [-0.1, -0.05) is 40.8 Å². The first-order valence-electron chi connectivity index (χ1n) is 6.13. The molecule has 2 aromatic rings. The van der Waals surface area contributed by atoms with Gasteiger partial charge in [0.25, 0.3) is 0 Å². The van der Waals surface area contributed by atoms with Crippen LogP contribution in [-0.4, -0.2) is 9.52 Å². The molecule has 0 nitrogen and oxygen atoms in total. The van der Waals surface area contributed by atoms with Crippen molar-refractivity contribution in [3.63, 3.8) is 0 Å². The maximum atomic E-state index is 2.21. The second-order valence-electron chi connectivity index (χ2n) is 4.51. The Morgan fingerprint density at radius 1 is 0.833 bits per heavy atom. The molecule has 0 aliphatic heterocycles. The third-order valence-electron chi connectivity index (χ3n) is 2.13. The minimum Gasteiger partial charge on any atom is -0.211 e. The summed E-state index contributed by atoms with van der Waals surface area (Å²) in [4.78, 5) is 0. The van der Waals surface area contributed by atoms with E-state index in [4.69, 9.17) is 0 Å². The molecule has 2 rings (SSSR count). The van der Waals surface area contributed by atoms with Gasteiger partial charge in [0.15, 0.2) is 0 Å². The van der Waals surface area contributed by atoms with Crippen LogP contribution < -0.4 is 0 Å². The summed E-state index contributed by atoms with van der Waals surface area (Å²) in [6, 6.07) is 12.8. The summed E-state index contributed by atoms with van der Waals surface area (Å²) in [5, 5.41) is 0. The van der Waals surface area contributed by atoms with Crippen molar-refractivity contribution >= 4 is 9.52 Å². The Bertz CT molecular complexity index is 327. The number of hydrogen-bond donors (Lipinski definition) is 0. The van der Waals surface area contributed by atoms with E-state index in [0.29, 0.717) is 0 Å². The van der Waals surface area contributed by atoms with Gasteiger partial charge in [-0.2, -0.15) is 35.4 Å². The summed E-state index contributed by atoms with van der Waals surface area (Å²) in [6.07, 6.45) is 0. The Kier molecular flexibility index (Phi) is 13.3. The molecule has 1 radical (unpaired) electrons. The molecular formula is C16H25SiZr. The van der Waals surface area contributed by atoms with Gasteiger partial charge < -0.3 is 0 Å². The van der Waals surface area contributed by atoms with Gasteiger partial charge in [0.05, 0.1) is 0 Å². The van der Waals surface area contributed by atoms with Crippen molar-refractivity contribution in [2.24, 2.45) is 0 Å². The van der Waals surface area contributed by atoms with Gasteiger partial charge in [0, 0.05) is 9.52 Å². The summed E-state index contributed by atoms with van der Waals surface area (Å²) < 4.78 is 0. The molecule has 0 aromatic heterocycles. The Labute approximate surface area is 134 Å². The first kappa shape index (κ1) is 20.1. The van der Waals surface area contributed by atoms with E-state index in [2.05, 4.69) is 77.2 Å². The number of aryl methyl sites for hydroxylation is 4. The second kappa shape index (κ2) is 11.9. The van der Waals surface area contributed by atoms with E-state index in [9.17, 15) is 0 Å². The number of hydrogen-bond acceptors (Lipinski definition) is 0. The van der Waals surface area contributed by atoms with Crippen molar-refractivity contribution in [2.45, 2.75) is 40.8 Å². The molecule has 18 heavy (non-hydrogen) atoms. The van der Waals surface area contributed by atoms with Crippen molar-refractivity contribution in [1.29, 1.82) is 0 Å². The molecule has 0 spiro atoms. The third-order valence-corrected chi connectivity index (χ3v) is 2.13. The average Bonchev–Trinajstić information content (AvgIpc) is 2.78. The van der Waals surface area contributed by atoms with Crippen molar-refractivity contribution in [3.05, 3.63) is 58.7 Å². The molecule has 0 unspecified atom stereocenters. The van der Waals surface area contributed by atoms with E-state index < -0.39 is 0 Å². The van der Waals surface area contributed by atoms with Crippen LogP contribution in [0.15, 0.2) is 36.4 Å². The van der Waals surface area contributed by atoms with Gasteiger partial charge in [-0.15, -0.1) is 0 Å². The van der Waals surface area contributed by atoms with E-state index in [0.717, 1.165) is 9.52 Å². The Balaban J connectivity index is 0. The maximum absolute atomic E-state index is 2.21. The fourth-order valence-electron chi connectivity index (χ4n) is 1.44. The van der Waals surface area contributed by atoms with E-state index in [1.165, 1.54) is 22.3 Å². The fraction of sp³-hybridized carbons (Fsp3) is 0.375. The summed E-state index contributed by atoms with van der Waals surface area (Å²) in [5.41, 5.74) is 5.44. The van der Waals surface area contributed by atoms with E-state index >= 15 is 0 Å². The fourth-order valence-corrected chi connectivity index (χ4v) is 1.44. The van der Waals surface area contributed by atoms with Crippen molar-refractivity contribution in [2.75, 3.05) is 0 Å². The third kappa shape index (κ3) is 10.9. The molecule has 0 saturated heterocycles. The zero-order chi connectivity index (χ0) is 13.3. The molecule has 2 aromatic carbocycles. The van der Waals surface area contributed by atoms with E-state index in [1.54, 1.807) is 0 Å². The molecule has 0 heterocycles. The first-order chi connectivity index (χ1) is 7.99. The standard InChI is InChI=1S/2C7H9.C2H7Si.Zr/c2*1-6-3-4-7(2)5-6;1-3-2;/h2*3-5H,1-2H3;3H,1-2H3;/q2*-1;;+2. The van der Waals surface area contributed by atoms with Gasteiger partial charge in [0.2, 0.25) is 0 Å². The summed E-state index contributed by atoms with van der Waals surface area (Å²) in [6.45, 7) is 12.8. The summed E-state index contributed by atoms with van der Waals surface area (Å²) >= 11 is 0. The van der Waals surface area contributed by atoms with Crippen LogP contribution >= 0.6 is 0 Å². The molecule has 0 N–H and O–H groups in total. The van der Waals surface area contributed by atoms with Gasteiger partial charge >= 0.3 is 26.2 Å². The van der Waals surface area contributed by atoms with Crippen LogP contribution in [0, 0.1) is 27.7 Å². The van der Waals surface area contributed by atoms with Gasteiger partial charge in [-0.05, 0) is 0 Å². The van der Waals surface area contributed by atoms with Crippen LogP contribution in [0.1, 0.15) is 22.3 Å². The van der Waals surface area contributed by atoms with Crippen molar-refractivity contribution in [3.8, 4) is 0 Å². The van der Waals surface area contributed by atoms with Crippen LogP contribution in [-0.2, 0) is 26.2 Å². The normalized spacial score (nSPS) is 8.33. The predicted octanol–water partition coefficient (Wildman–Crippen LogP) is 4.56. The second-order valence-corrected chi connectivity index (χ2v) is 5.66. The molecule has 0 saturated carbocycles. The van der Waals surface area contributed by atoms with Crippen LogP contribution in [0.25, 0.3) is 0 Å². The SMILES string of the molecule is C[SiH]C.Cc1cc[c-](C)c1.Cc1cc[c-](C)c1.[Zr+2]. The minimum absolute atomic E-state index is 0. The van der Waals surface area contributed by atoms with E-state index in [-0.39, 0.29) is 26.2 Å². The van der Waals surface area contributed by atoms with Crippen LogP contribution in [0.2, 0.25) is 13.1 Å². The van der Waals surface area contributed by atoms with Crippen LogP contribution in [0.4, 0.5) is 0 Å². The number of rotatable bonds is 0. The quantitative estimate of drug-likeness (QED) is 0.488. The molecule has 0 bridgehead atoms. The van der Waals surface area contributed by atoms with Gasteiger partial charge in [-0.3, -0.25) is 0 Å².